The fraction of sp³-hybridized carbons (Fsp3) is 0.308. The Balaban J connectivity index is 2.48. The molecule has 1 atom stereocenters. The molecule has 0 spiro atoms. The van der Waals surface area contributed by atoms with Crippen LogP contribution in [0.25, 0.3) is 0 Å². The minimum atomic E-state index is -0.577. The lowest BCUT2D eigenvalue weighted by molar-refractivity contribution is 0.536. The van der Waals surface area contributed by atoms with Gasteiger partial charge in [-0.3, -0.25) is 4.68 Å². The van der Waals surface area contributed by atoms with Crippen LogP contribution in [0, 0.1) is 18.6 Å². The largest absolute Gasteiger partial charge is 0.308 e. The third-order valence-electron chi connectivity index (χ3n) is 2.90. The molecule has 0 aliphatic heterocycles. The van der Waals surface area contributed by atoms with Crippen molar-refractivity contribution in [2.75, 3.05) is 7.05 Å². The van der Waals surface area contributed by atoms with Gasteiger partial charge in [0.2, 0.25) is 0 Å². The molecule has 1 N–H and O–H groups in total. The molecule has 0 amide bonds. The van der Waals surface area contributed by atoms with Gasteiger partial charge in [0.25, 0.3) is 0 Å². The second-order valence-electron chi connectivity index (χ2n) is 4.22. The van der Waals surface area contributed by atoms with Gasteiger partial charge in [-0.1, -0.05) is 6.07 Å². The van der Waals surface area contributed by atoms with Gasteiger partial charge >= 0.3 is 0 Å². The fourth-order valence-electron chi connectivity index (χ4n) is 2.10. The standard InChI is InChI=1S/C13H15F2N3/c1-8-6-12(18(3)17-8)13(16-2)10-5-4-9(14)7-11(10)15/h4-7,13,16H,1-3H3. The number of hydrogen-bond acceptors (Lipinski definition) is 2. The third-order valence-corrected chi connectivity index (χ3v) is 2.90. The summed E-state index contributed by atoms with van der Waals surface area (Å²) in [5, 5.41) is 7.26. The van der Waals surface area contributed by atoms with Crippen LogP contribution in [0.2, 0.25) is 0 Å². The van der Waals surface area contributed by atoms with Gasteiger partial charge in [0, 0.05) is 18.7 Å². The summed E-state index contributed by atoms with van der Waals surface area (Å²) < 4.78 is 28.4. The van der Waals surface area contributed by atoms with Crippen LogP contribution in [0.1, 0.15) is 23.0 Å². The zero-order valence-corrected chi connectivity index (χ0v) is 10.5. The molecule has 1 aromatic carbocycles. The van der Waals surface area contributed by atoms with E-state index < -0.39 is 11.6 Å². The Kier molecular flexibility index (Phi) is 3.43. The number of hydrogen-bond donors (Lipinski definition) is 1. The molecule has 0 aliphatic carbocycles. The molecular formula is C13H15F2N3. The Morgan fingerprint density at radius 1 is 1.28 bits per heavy atom. The second-order valence-corrected chi connectivity index (χ2v) is 4.22. The van der Waals surface area contributed by atoms with E-state index in [9.17, 15) is 8.78 Å². The molecule has 96 valence electrons. The van der Waals surface area contributed by atoms with Crippen molar-refractivity contribution in [3.05, 3.63) is 52.9 Å². The maximum Gasteiger partial charge on any atom is 0.131 e. The molecular weight excluding hydrogens is 236 g/mol. The van der Waals surface area contributed by atoms with E-state index in [1.165, 1.54) is 12.1 Å². The molecule has 1 heterocycles. The summed E-state index contributed by atoms with van der Waals surface area (Å²) in [4.78, 5) is 0. The van der Waals surface area contributed by atoms with Crippen LogP contribution in [0.5, 0.6) is 0 Å². The number of benzene rings is 1. The van der Waals surface area contributed by atoms with Crippen molar-refractivity contribution in [1.82, 2.24) is 15.1 Å². The van der Waals surface area contributed by atoms with Crippen molar-refractivity contribution >= 4 is 0 Å². The number of halogens is 2. The average Bonchev–Trinajstić information content (AvgIpc) is 2.62. The maximum absolute atomic E-state index is 13.8. The molecule has 0 fully saturated rings. The van der Waals surface area contributed by atoms with Gasteiger partial charge in [-0.05, 0) is 26.1 Å². The van der Waals surface area contributed by atoms with Crippen molar-refractivity contribution < 1.29 is 8.78 Å². The van der Waals surface area contributed by atoms with Gasteiger partial charge in [0.1, 0.15) is 11.6 Å². The highest BCUT2D eigenvalue weighted by atomic mass is 19.1. The quantitative estimate of drug-likeness (QED) is 0.907. The summed E-state index contributed by atoms with van der Waals surface area (Å²) in [6.07, 6.45) is 0. The first kappa shape index (κ1) is 12.7. The van der Waals surface area contributed by atoms with E-state index in [0.717, 1.165) is 17.5 Å². The molecule has 0 saturated carbocycles. The van der Waals surface area contributed by atoms with Crippen LogP contribution in [-0.4, -0.2) is 16.8 Å². The minimum absolute atomic E-state index is 0.350. The first-order chi connectivity index (χ1) is 8.52. The Morgan fingerprint density at radius 2 is 2.00 bits per heavy atom. The SMILES string of the molecule is CNC(c1ccc(F)cc1F)c1cc(C)nn1C. The summed E-state index contributed by atoms with van der Waals surface area (Å²) in [5.41, 5.74) is 2.10. The van der Waals surface area contributed by atoms with E-state index in [1.807, 2.05) is 13.0 Å². The summed E-state index contributed by atoms with van der Waals surface area (Å²) in [7, 11) is 3.53. The van der Waals surface area contributed by atoms with Crippen molar-refractivity contribution in [3.63, 3.8) is 0 Å². The Morgan fingerprint density at radius 3 is 2.50 bits per heavy atom. The highest BCUT2D eigenvalue weighted by Gasteiger charge is 2.20. The minimum Gasteiger partial charge on any atom is -0.308 e. The predicted molar refractivity (Wildman–Crippen MR) is 65.2 cm³/mol. The van der Waals surface area contributed by atoms with Gasteiger partial charge in [0.05, 0.1) is 17.4 Å². The van der Waals surface area contributed by atoms with E-state index in [1.54, 1.807) is 18.8 Å². The lowest BCUT2D eigenvalue weighted by atomic mass is 10.0. The lowest BCUT2D eigenvalue weighted by Gasteiger charge is -2.17. The van der Waals surface area contributed by atoms with Gasteiger partial charge in [-0.2, -0.15) is 5.10 Å². The normalized spacial score (nSPS) is 12.7. The zero-order chi connectivity index (χ0) is 13.3. The molecule has 3 nitrogen and oxygen atoms in total. The molecule has 1 unspecified atom stereocenters. The second kappa shape index (κ2) is 4.86. The van der Waals surface area contributed by atoms with E-state index >= 15 is 0 Å². The van der Waals surface area contributed by atoms with Crippen molar-refractivity contribution in [2.24, 2.45) is 7.05 Å². The molecule has 2 rings (SSSR count). The lowest BCUT2D eigenvalue weighted by Crippen LogP contribution is -2.21. The van der Waals surface area contributed by atoms with Crippen molar-refractivity contribution in [2.45, 2.75) is 13.0 Å². The van der Waals surface area contributed by atoms with Crippen LogP contribution >= 0.6 is 0 Å². The van der Waals surface area contributed by atoms with Crippen LogP contribution in [0.15, 0.2) is 24.3 Å². The van der Waals surface area contributed by atoms with Crippen LogP contribution < -0.4 is 5.32 Å². The number of aryl methyl sites for hydroxylation is 2. The van der Waals surface area contributed by atoms with Gasteiger partial charge in [-0.25, -0.2) is 8.78 Å². The van der Waals surface area contributed by atoms with E-state index in [-0.39, 0.29) is 6.04 Å². The van der Waals surface area contributed by atoms with Crippen molar-refractivity contribution in [1.29, 1.82) is 0 Å². The molecule has 0 aliphatic rings. The monoisotopic (exact) mass is 251 g/mol. The number of aromatic nitrogens is 2. The van der Waals surface area contributed by atoms with Crippen LogP contribution in [-0.2, 0) is 7.05 Å². The Labute approximate surface area is 104 Å². The third kappa shape index (κ3) is 2.26. The Hall–Kier alpha value is -1.75. The molecule has 1 aromatic heterocycles. The molecule has 0 radical (unpaired) electrons. The number of nitrogens with zero attached hydrogens (tertiary/aromatic N) is 2. The van der Waals surface area contributed by atoms with Crippen LogP contribution in [0.3, 0.4) is 0 Å². The molecule has 0 saturated heterocycles. The molecule has 5 heteroatoms. The van der Waals surface area contributed by atoms with Gasteiger partial charge in [0.15, 0.2) is 0 Å². The van der Waals surface area contributed by atoms with E-state index in [2.05, 4.69) is 10.4 Å². The molecule has 0 bridgehead atoms. The summed E-state index contributed by atoms with van der Waals surface area (Å²) in [5.74, 6) is -1.14. The Bertz CT molecular complexity index is 563. The summed E-state index contributed by atoms with van der Waals surface area (Å²) in [6.45, 7) is 1.87. The first-order valence-corrected chi connectivity index (χ1v) is 5.65. The fourth-order valence-corrected chi connectivity index (χ4v) is 2.10. The average molecular weight is 251 g/mol. The highest BCUT2D eigenvalue weighted by molar-refractivity contribution is 5.30. The topological polar surface area (TPSA) is 29.9 Å². The van der Waals surface area contributed by atoms with E-state index in [0.29, 0.717) is 5.56 Å². The summed E-state index contributed by atoms with van der Waals surface area (Å²) >= 11 is 0. The van der Waals surface area contributed by atoms with Gasteiger partial charge in [-0.15, -0.1) is 0 Å². The predicted octanol–water partition coefficient (Wildman–Crippen LogP) is 2.32. The maximum atomic E-state index is 13.8. The highest BCUT2D eigenvalue weighted by Crippen LogP contribution is 2.24. The molecule has 18 heavy (non-hydrogen) atoms. The number of nitrogens with one attached hydrogen (secondary N) is 1. The smallest absolute Gasteiger partial charge is 0.131 e. The van der Waals surface area contributed by atoms with Crippen molar-refractivity contribution in [3.8, 4) is 0 Å². The number of rotatable bonds is 3. The first-order valence-electron chi connectivity index (χ1n) is 5.65. The molecule has 2 aromatic rings. The van der Waals surface area contributed by atoms with E-state index in [4.69, 9.17) is 0 Å². The summed E-state index contributed by atoms with van der Waals surface area (Å²) in [6, 6.07) is 5.13. The zero-order valence-electron chi connectivity index (χ0n) is 10.5. The van der Waals surface area contributed by atoms with Gasteiger partial charge < -0.3 is 5.32 Å². The van der Waals surface area contributed by atoms with Crippen LogP contribution in [0.4, 0.5) is 8.78 Å².